The number of benzene rings is 1. The summed E-state index contributed by atoms with van der Waals surface area (Å²) in [5.41, 5.74) is 1.77. The van der Waals surface area contributed by atoms with Crippen LogP contribution in [-0.4, -0.2) is 43.1 Å². The van der Waals surface area contributed by atoms with Crippen molar-refractivity contribution in [3.05, 3.63) is 35.4 Å². The molecule has 1 aromatic carbocycles. The number of likely N-dealkylation sites (tertiary alicyclic amines) is 1. The van der Waals surface area contributed by atoms with Gasteiger partial charge in [0.2, 0.25) is 0 Å². The zero-order valence-electron chi connectivity index (χ0n) is 12.7. The largest absolute Gasteiger partial charge is 0.380 e. The second kappa shape index (κ2) is 6.58. The van der Waals surface area contributed by atoms with Crippen molar-refractivity contribution < 1.29 is 9.53 Å². The number of rotatable bonds is 5. The fraction of sp³-hybridized carbons (Fsp3) is 0.588. The molecule has 0 aromatic heterocycles. The lowest BCUT2D eigenvalue weighted by atomic mass is 10.0. The number of amides is 1. The number of methoxy groups -OCH3 is 1. The second-order valence-corrected chi connectivity index (χ2v) is 6.15. The van der Waals surface area contributed by atoms with E-state index in [0.29, 0.717) is 12.6 Å². The molecule has 1 heterocycles. The highest BCUT2D eigenvalue weighted by Gasteiger charge is 2.32. The van der Waals surface area contributed by atoms with Gasteiger partial charge in [-0.3, -0.25) is 4.79 Å². The third kappa shape index (κ3) is 3.83. The number of hydrogen-bond donors (Lipinski definition) is 1. The fourth-order valence-electron chi connectivity index (χ4n) is 3.09. The molecule has 1 aromatic rings. The summed E-state index contributed by atoms with van der Waals surface area (Å²) in [6.07, 6.45) is 4.87. The molecule has 0 unspecified atom stereocenters. The van der Waals surface area contributed by atoms with E-state index in [1.165, 1.54) is 12.8 Å². The zero-order valence-corrected chi connectivity index (χ0v) is 12.7. The van der Waals surface area contributed by atoms with Gasteiger partial charge in [0.25, 0.3) is 5.91 Å². The molecule has 1 aliphatic carbocycles. The van der Waals surface area contributed by atoms with Gasteiger partial charge < -0.3 is 15.0 Å². The van der Waals surface area contributed by atoms with Crippen molar-refractivity contribution in [3.8, 4) is 0 Å². The number of hydrogen-bond acceptors (Lipinski definition) is 3. The summed E-state index contributed by atoms with van der Waals surface area (Å²) in [6, 6.07) is 8.84. The summed E-state index contributed by atoms with van der Waals surface area (Å²) in [5, 5.41) is 3.18. The lowest BCUT2D eigenvalue weighted by Gasteiger charge is -2.32. The van der Waals surface area contributed by atoms with Crippen molar-refractivity contribution in [3.63, 3.8) is 0 Å². The minimum Gasteiger partial charge on any atom is -0.380 e. The lowest BCUT2D eigenvalue weighted by molar-refractivity contribution is 0.0909. The van der Waals surface area contributed by atoms with Gasteiger partial charge in [-0.05, 0) is 43.4 Å². The first-order chi connectivity index (χ1) is 10.3. The van der Waals surface area contributed by atoms with Crippen LogP contribution in [0.1, 0.15) is 41.6 Å². The van der Waals surface area contributed by atoms with Crippen LogP contribution >= 0.6 is 0 Å². The molecule has 1 saturated heterocycles. The molecule has 4 nitrogen and oxygen atoms in total. The summed E-state index contributed by atoms with van der Waals surface area (Å²) in [4.78, 5) is 14.9. The topological polar surface area (TPSA) is 41.6 Å². The first kappa shape index (κ1) is 14.5. The van der Waals surface area contributed by atoms with Crippen molar-refractivity contribution in [1.29, 1.82) is 0 Å². The first-order valence-corrected chi connectivity index (χ1v) is 7.89. The van der Waals surface area contributed by atoms with E-state index < -0.39 is 0 Å². The molecule has 4 heteroatoms. The van der Waals surface area contributed by atoms with Crippen LogP contribution in [0.15, 0.2) is 24.3 Å². The number of carbonyl (C=O) groups excluding carboxylic acids is 1. The van der Waals surface area contributed by atoms with E-state index in [9.17, 15) is 4.79 Å². The smallest absolute Gasteiger partial charge is 0.251 e. The van der Waals surface area contributed by atoms with E-state index in [0.717, 1.165) is 43.1 Å². The molecule has 0 atom stereocenters. The van der Waals surface area contributed by atoms with Crippen molar-refractivity contribution in [1.82, 2.24) is 10.2 Å². The molecule has 2 aliphatic rings. The second-order valence-electron chi connectivity index (χ2n) is 6.15. The Labute approximate surface area is 126 Å². The molecule has 1 aliphatic heterocycles. The van der Waals surface area contributed by atoms with Gasteiger partial charge in [0.15, 0.2) is 0 Å². The molecule has 2 fully saturated rings. The number of nitrogens with one attached hydrogen (secondary N) is 1. The van der Waals surface area contributed by atoms with E-state index in [1.807, 2.05) is 24.3 Å². The molecule has 21 heavy (non-hydrogen) atoms. The summed E-state index contributed by atoms with van der Waals surface area (Å²) in [7, 11) is 1.67. The Bertz CT molecular complexity index is 491. The third-order valence-corrected chi connectivity index (χ3v) is 4.43. The van der Waals surface area contributed by atoms with Crippen molar-refractivity contribution in [2.45, 2.75) is 44.4 Å². The number of carbonyl (C=O) groups is 1. The predicted octanol–water partition coefficient (Wildman–Crippen LogP) is 2.19. The summed E-state index contributed by atoms with van der Waals surface area (Å²) < 4.78 is 5.12. The van der Waals surface area contributed by atoms with Crippen LogP contribution < -0.4 is 5.32 Å². The standard InChI is InChI=1S/C17H24N2O2/c1-21-12-13-3-2-4-14(11-13)17(20)18-15-7-9-19(10-8-15)16-5-6-16/h2-4,11,15-16H,5-10,12H2,1H3,(H,18,20). The van der Waals surface area contributed by atoms with Gasteiger partial charge in [-0.2, -0.15) is 0 Å². The van der Waals surface area contributed by atoms with Gasteiger partial charge in [0.05, 0.1) is 6.61 Å². The Kier molecular flexibility index (Phi) is 4.56. The molecule has 3 rings (SSSR count). The maximum atomic E-state index is 12.3. The van der Waals surface area contributed by atoms with Gasteiger partial charge in [0, 0.05) is 37.8 Å². The molecule has 1 N–H and O–H groups in total. The summed E-state index contributed by atoms with van der Waals surface area (Å²) >= 11 is 0. The van der Waals surface area contributed by atoms with E-state index in [4.69, 9.17) is 4.74 Å². The number of piperidine rings is 1. The number of nitrogens with zero attached hydrogens (tertiary/aromatic N) is 1. The van der Waals surface area contributed by atoms with Crippen molar-refractivity contribution in [2.24, 2.45) is 0 Å². The van der Waals surface area contributed by atoms with E-state index in [2.05, 4.69) is 10.2 Å². The highest BCUT2D eigenvalue weighted by Crippen LogP contribution is 2.29. The first-order valence-electron chi connectivity index (χ1n) is 7.89. The van der Waals surface area contributed by atoms with E-state index >= 15 is 0 Å². The van der Waals surface area contributed by atoms with Crippen LogP contribution in [0.25, 0.3) is 0 Å². The maximum Gasteiger partial charge on any atom is 0.251 e. The normalized spacial score (nSPS) is 20.4. The Morgan fingerprint density at radius 2 is 2.05 bits per heavy atom. The fourth-order valence-corrected chi connectivity index (χ4v) is 3.09. The Balaban J connectivity index is 1.52. The average Bonchev–Trinajstić information content (AvgIpc) is 3.33. The summed E-state index contributed by atoms with van der Waals surface area (Å²) in [6.45, 7) is 2.79. The van der Waals surface area contributed by atoms with Crippen LogP contribution in [0.3, 0.4) is 0 Å². The molecule has 1 saturated carbocycles. The molecular weight excluding hydrogens is 264 g/mol. The van der Waals surface area contributed by atoms with Gasteiger partial charge in [-0.25, -0.2) is 0 Å². The number of ether oxygens (including phenoxy) is 1. The molecular formula is C17H24N2O2. The van der Waals surface area contributed by atoms with Crippen LogP contribution in [0, 0.1) is 0 Å². The predicted molar refractivity (Wildman–Crippen MR) is 82.2 cm³/mol. The molecule has 0 radical (unpaired) electrons. The highest BCUT2D eigenvalue weighted by molar-refractivity contribution is 5.94. The van der Waals surface area contributed by atoms with E-state index in [1.54, 1.807) is 7.11 Å². The molecule has 114 valence electrons. The quantitative estimate of drug-likeness (QED) is 0.903. The minimum atomic E-state index is 0.0397. The summed E-state index contributed by atoms with van der Waals surface area (Å²) in [5.74, 6) is 0.0397. The lowest BCUT2D eigenvalue weighted by Crippen LogP contribution is -2.45. The Morgan fingerprint density at radius 3 is 2.71 bits per heavy atom. The SMILES string of the molecule is COCc1cccc(C(=O)NC2CCN(C3CC3)CC2)c1. The van der Waals surface area contributed by atoms with Gasteiger partial charge in [0.1, 0.15) is 0 Å². The third-order valence-electron chi connectivity index (χ3n) is 4.43. The minimum absolute atomic E-state index is 0.0397. The maximum absolute atomic E-state index is 12.3. The van der Waals surface area contributed by atoms with Crippen LogP contribution in [0.4, 0.5) is 0 Å². The molecule has 1 amide bonds. The van der Waals surface area contributed by atoms with E-state index in [-0.39, 0.29) is 5.91 Å². The van der Waals surface area contributed by atoms with Crippen molar-refractivity contribution in [2.75, 3.05) is 20.2 Å². The van der Waals surface area contributed by atoms with Crippen LogP contribution in [0.5, 0.6) is 0 Å². The Hall–Kier alpha value is -1.39. The Morgan fingerprint density at radius 1 is 1.29 bits per heavy atom. The monoisotopic (exact) mass is 288 g/mol. The van der Waals surface area contributed by atoms with Gasteiger partial charge >= 0.3 is 0 Å². The van der Waals surface area contributed by atoms with Crippen molar-refractivity contribution >= 4 is 5.91 Å². The molecule has 0 bridgehead atoms. The van der Waals surface area contributed by atoms with Gasteiger partial charge in [-0.1, -0.05) is 12.1 Å². The van der Waals surface area contributed by atoms with Crippen LogP contribution in [-0.2, 0) is 11.3 Å². The van der Waals surface area contributed by atoms with Gasteiger partial charge in [-0.15, -0.1) is 0 Å². The van der Waals surface area contributed by atoms with Crippen LogP contribution in [0.2, 0.25) is 0 Å². The zero-order chi connectivity index (χ0) is 14.7. The average molecular weight is 288 g/mol. The highest BCUT2D eigenvalue weighted by atomic mass is 16.5. The molecule has 0 spiro atoms.